The molecule has 0 bridgehead atoms. The molecule has 3 N–H and O–H groups in total. The molecule has 0 saturated heterocycles. The number of carbonyl (C=O) groups excluding carboxylic acids is 1. The lowest BCUT2D eigenvalue weighted by molar-refractivity contribution is -0.141. The number of carboxylic acids is 1. The molecule has 1 aromatic heterocycles. The molecular formula is C9H11N3O5. The normalized spacial score (nSPS) is 11.9. The smallest absolute Gasteiger partial charge is 0.326 e. The predicted molar refractivity (Wildman–Crippen MR) is 56.9 cm³/mol. The van der Waals surface area contributed by atoms with Gasteiger partial charge >= 0.3 is 11.7 Å². The lowest BCUT2D eigenvalue weighted by Crippen LogP contribution is -2.43. The van der Waals surface area contributed by atoms with Gasteiger partial charge in [0.2, 0.25) is 0 Å². The van der Waals surface area contributed by atoms with Crippen LogP contribution in [0.15, 0.2) is 15.8 Å². The van der Waals surface area contributed by atoms with Gasteiger partial charge in [0.15, 0.2) is 0 Å². The second-order valence-electron chi connectivity index (χ2n) is 3.42. The number of carboxylic acid groups (broad SMARTS) is 1. The average Bonchev–Trinajstić information content (AvgIpc) is 2.26. The fourth-order valence-electron chi connectivity index (χ4n) is 1.10. The van der Waals surface area contributed by atoms with E-state index in [9.17, 15) is 19.2 Å². The quantitative estimate of drug-likeness (QED) is 0.601. The van der Waals surface area contributed by atoms with E-state index in [2.05, 4.69) is 4.98 Å². The van der Waals surface area contributed by atoms with Crippen LogP contribution >= 0.6 is 0 Å². The fraction of sp³-hybridized carbons (Fsp3) is 0.333. The fourth-order valence-corrected chi connectivity index (χ4v) is 1.10. The molecular weight excluding hydrogens is 230 g/mol. The molecule has 1 atom stereocenters. The highest BCUT2D eigenvalue weighted by Gasteiger charge is 2.24. The summed E-state index contributed by atoms with van der Waals surface area (Å²) in [6, 6.07) is -1.08. The van der Waals surface area contributed by atoms with Crippen molar-refractivity contribution in [2.24, 2.45) is 0 Å². The zero-order chi connectivity index (χ0) is 13.2. The molecule has 92 valence electrons. The van der Waals surface area contributed by atoms with Crippen molar-refractivity contribution < 1.29 is 14.7 Å². The average molecular weight is 241 g/mol. The highest BCUT2D eigenvalue weighted by molar-refractivity contribution is 5.95. The van der Waals surface area contributed by atoms with Crippen molar-refractivity contribution >= 4 is 11.9 Å². The van der Waals surface area contributed by atoms with Gasteiger partial charge in [-0.05, 0) is 6.92 Å². The highest BCUT2D eigenvalue weighted by Crippen LogP contribution is 2.01. The molecule has 0 radical (unpaired) electrons. The van der Waals surface area contributed by atoms with Gasteiger partial charge in [-0.25, -0.2) is 9.59 Å². The maximum Gasteiger partial charge on any atom is 0.326 e. The number of carbonyl (C=O) groups is 2. The molecule has 1 heterocycles. The lowest BCUT2D eigenvalue weighted by Gasteiger charge is -2.20. The minimum absolute atomic E-state index is 0.319. The summed E-state index contributed by atoms with van der Waals surface area (Å²) in [6.07, 6.45) is 0.953. The topological polar surface area (TPSA) is 123 Å². The van der Waals surface area contributed by atoms with Gasteiger partial charge in [-0.15, -0.1) is 0 Å². The number of aliphatic carboxylic acids is 1. The van der Waals surface area contributed by atoms with Gasteiger partial charge in [0.25, 0.3) is 11.5 Å². The molecule has 0 fully saturated rings. The molecule has 8 nitrogen and oxygen atoms in total. The molecule has 1 aromatic rings. The zero-order valence-electron chi connectivity index (χ0n) is 9.18. The van der Waals surface area contributed by atoms with Crippen molar-refractivity contribution in [1.82, 2.24) is 14.9 Å². The van der Waals surface area contributed by atoms with Crippen LogP contribution in [0, 0.1) is 0 Å². The minimum atomic E-state index is -1.19. The second kappa shape index (κ2) is 4.64. The van der Waals surface area contributed by atoms with Crippen LogP contribution < -0.4 is 11.2 Å². The van der Waals surface area contributed by atoms with Gasteiger partial charge < -0.3 is 15.0 Å². The van der Waals surface area contributed by atoms with Gasteiger partial charge in [0, 0.05) is 13.2 Å². The van der Waals surface area contributed by atoms with Gasteiger partial charge in [-0.1, -0.05) is 0 Å². The van der Waals surface area contributed by atoms with Crippen LogP contribution in [0.3, 0.4) is 0 Å². The Balaban J connectivity index is 3.09. The summed E-state index contributed by atoms with van der Waals surface area (Å²) in [5.41, 5.74) is -1.91. The van der Waals surface area contributed by atoms with Gasteiger partial charge in [-0.2, -0.15) is 0 Å². The number of amides is 1. The Labute approximate surface area is 94.9 Å². The van der Waals surface area contributed by atoms with Crippen LogP contribution in [-0.2, 0) is 4.79 Å². The van der Waals surface area contributed by atoms with Gasteiger partial charge in [0.1, 0.15) is 11.6 Å². The van der Waals surface area contributed by atoms with Crippen molar-refractivity contribution in [3.05, 3.63) is 32.6 Å². The van der Waals surface area contributed by atoms with E-state index in [0.717, 1.165) is 11.1 Å². The highest BCUT2D eigenvalue weighted by atomic mass is 16.4. The number of rotatable bonds is 3. The lowest BCUT2D eigenvalue weighted by atomic mass is 10.2. The number of hydrogen-bond donors (Lipinski definition) is 3. The van der Waals surface area contributed by atoms with Crippen molar-refractivity contribution in [2.45, 2.75) is 13.0 Å². The maximum atomic E-state index is 11.7. The minimum Gasteiger partial charge on any atom is -0.480 e. The molecule has 8 heteroatoms. The number of H-pyrrole nitrogens is 2. The molecule has 1 amide bonds. The first-order chi connectivity index (χ1) is 7.84. The third-order valence-corrected chi connectivity index (χ3v) is 2.31. The number of aromatic nitrogens is 2. The third-order valence-electron chi connectivity index (χ3n) is 2.31. The molecule has 1 unspecified atom stereocenters. The number of hydrogen-bond acceptors (Lipinski definition) is 4. The van der Waals surface area contributed by atoms with Crippen molar-refractivity contribution in [2.75, 3.05) is 7.05 Å². The molecule has 0 aliphatic rings. The van der Waals surface area contributed by atoms with Crippen LogP contribution in [0.25, 0.3) is 0 Å². The maximum absolute atomic E-state index is 11.7. The Kier molecular flexibility index (Phi) is 3.46. The molecule has 17 heavy (non-hydrogen) atoms. The van der Waals surface area contributed by atoms with Crippen molar-refractivity contribution in [1.29, 1.82) is 0 Å². The predicted octanol–water partition coefficient (Wildman–Crippen LogP) is -1.39. The van der Waals surface area contributed by atoms with E-state index in [0.29, 0.717) is 0 Å². The SMILES string of the molecule is CC(C(=O)O)N(C)C(=O)c1c[nH]c(=O)[nH]c1=O. The van der Waals surface area contributed by atoms with Crippen molar-refractivity contribution in [3.8, 4) is 0 Å². The zero-order valence-corrected chi connectivity index (χ0v) is 9.18. The van der Waals surface area contributed by atoms with Crippen LogP contribution in [0.4, 0.5) is 0 Å². The molecule has 0 aromatic carbocycles. The molecule has 0 aliphatic carbocycles. The molecule has 0 spiro atoms. The summed E-state index contributed by atoms with van der Waals surface area (Å²) in [7, 11) is 1.26. The summed E-state index contributed by atoms with van der Waals surface area (Å²) in [4.78, 5) is 49.4. The molecule has 0 saturated carbocycles. The molecule has 1 rings (SSSR count). The summed E-state index contributed by atoms with van der Waals surface area (Å²) in [5.74, 6) is -1.97. The summed E-state index contributed by atoms with van der Waals surface area (Å²) in [5, 5.41) is 8.72. The number of nitrogens with zero attached hydrogens (tertiary/aromatic N) is 1. The summed E-state index contributed by atoms with van der Waals surface area (Å²) < 4.78 is 0. The van der Waals surface area contributed by atoms with Gasteiger partial charge in [-0.3, -0.25) is 14.6 Å². The van der Waals surface area contributed by atoms with Crippen molar-refractivity contribution in [3.63, 3.8) is 0 Å². The van der Waals surface area contributed by atoms with E-state index in [4.69, 9.17) is 5.11 Å². The monoisotopic (exact) mass is 241 g/mol. The number of nitrogens with one attached hydrogen (secondary N) is 2. The first kappa shape index (κ1) is 12.7. The van der Waals surface area contributed by atoms with Crippen LogP contribution in [-0.4, -0.2) is 44.9 Å². The summed E-state index contributed by atoms with van der Waals surface area (Å²) >= 11 is 0. The van der Waals surface area contributed by atoms with Crippen LogP contribution in [0.1, 0.15) is 17.3 Å². The Hall–Kier alpha value is -2.38. The standard InChI is InChI=1S/C9H11N3O5/c1-4(8(15)16)12(2)7(14)5-3-10-9(17)11-6(5)13/h3-4H,1-2H3,(H,15,16)(H2,10,11,13,17). The third kappa shape index (κ3) is 2.60. The Morgan fingerprint density at radius 3 is 2.47 bits per heavy atom. The van der Waals surface area contributed by atoms with E-state index in [1.54, 1.807) is 0 Å². The second-order valence-corrected chi connectivity index (χ2v) is 3.42. The van der Waals surface area contributed by atoms with Crippen LogP contribution in [0.5, 0.6) is 0 Å². The van der Waals surface area contributed by atoms with E-state index < -0.39 is 29.2 Å². The summed E-state index contributed by atoms with van der Waals surface area (Å²) in [6.45, 7) is 1.31. The van der Waals surface area contributed by atoms with E-state index in [-0.39, 0.29) is 5.56 Å². The first-order valence-electron chi connectivity index (χ1n) is 4.66. The van der Waals surface area contributed by atoms with Crippen LogP contribution in [0.2, 0.25) is 0 Å². The van der Waals surface area contributed by atoms with E-state index in [1.165, 1.54) is 14.0 Å². The van der Waals surface area contributed by atoms with Gasteiger partial charge in [0.05, 0.1) is 0 Å². The Bertz CT molecular complexity index is 558. The van der Waals surface area contributed by atoms with E-state index >= 15 is 0 Å². The number of aromatic amines is 2. The number of likely N-dealkylation sites (N-methyl/N-ethyl adjacent to an activating group) is 1. The Morgan fingerprint density at radius 1 is 1.41 bits per heavy atom. The molecule has 0 aliphatic heterocycles. The van der Waals surface area contributed by atoms with E-state index in [1.807, 2.05) is 4.98 Å². The Morgan fingerprint density at radius 2 is 2.00 bits per heavy atom. The first-order valence-corrected chi connectivity index (χ1v) is 4.66. The largest absolute Gasteiger partial charge is 0.480 e.